The van der Waals surface area contributed by atoms with Gasteiger partial charge in [-0.1, -0.05) is 28.9 Å². The van der Waals surface area contributed by atoms with E-state index in [9.17, 15) is 19.5 Å². The van der Waals surface area contributed by atoms with Crippen LogP contribution in [0.2, 0.25) is 5.02 Å². The molecule has 9 heteroatoms. The molecule has 0 spiro atoms. The summed E-state index contributed by atoms with van der Waals surface area (Å²) in [5.41, 5.74) is 1.07. The molecule has 2 amide bonds. The Morgan fingerprint density at radius 2 is 2.08 bits per heavy atom. The number of nitrogens with zero attached hydrogens (tertiary/aromatic N) is 2. The number of hydrogen-bond acceptors (Lipinski definition) is 5. The molecule has 2 N–H and O–H groups in total. The van der Waals surface area contributed by atoms with Gasteiger partial charge in [0.25, 0.3) is 5.91 Å². The van der Waals surface area contributed by atoms with E-state index in [4.69, 9.17) is 16.1 Å². The summed E-state index contributed by atoms with van der Waals surface area (Å²) >= 11 is 5.94. The van der Waals surface area contributed by atoms with Crippen LogP contribution in [0.25, 0.3) is 11.3 Å². The van der Waals surface area contributed by atoms with E-state index in [-0.39, 0.29) is 24.8 Å². The van der Waals surface area contributed by atoms with E-state index >= 15 is 0 Å². The molecule has 8 nitrogen and oxygen atoms in total. The third-order valence-electron chi connectivity index (χ3n) is 3.65. The van der Waals surface area contributed by atoms with Gasteiger partial charge in [-0.05, 0) is 19.1 Å². The lowest BCUT2D eigenvalue weighted by Gasteiger charge is -2.25. The summed E-state index contributed by atoms with van der Waals surface area (Å²) in [5, 5.41) is 16.1. The van der Waals surface area contributed by atoms with Gasteiger partial charge >= 0.3 is 5.97 Å². The maximum atomic E-state index is 12.7. The molecule has 1 aromatic heterocycles. The molecule has 0 bridgehead atoms. The zero-order chi connectivity index (χ0) is 19.3. The van der Waals surface area contributed by atoms with Crippen LogP contribution in [-0.4, -0.2) is 52.1 Å². The maximum absolute atomic E-state index is 12.7. The summed E-state index contributed by atoms with van der Waals surface area (Å²) in [7, 11) is 0. The highest BCUT2D eigenvalue weighted by atomic mass is 35.5. The number of aliphatic carboxylic acids is 1. The third-order valence-corrected chi connectivity index (χ3v) is 3.89. The molecule has 0 aliphatic rings. The van der Waals surface area contributed by atoms with Crippen molar-refractivity contribution in [1.82, 2.24) is 15.4 Å². The number of nitrogens with one attached hydrogen (secondary N) is 1. The van der Waals surface area contributed by atoms with Crippen LogP contribution < -0.4 is 5.32 Å². The molecule has 0 saturated heterocycles. The Hall–Kier alpha value is -2.87. The Morgan fingerprint density at radius 3 is 2.69 bits per heavy atom. The quantitative estimate of drug-likeness (QED) is 0.761. The van der Waals surface area contributed by atoms with Crippen LogP contribution in [0.1, 0.15) is 24.4 Å². The first-order valence-electron chi connectivity index (χ1n) is 7.80. The molecule has 0 radical (unpaired) electrons. The number of carboxylic acids is 1. The van der Waals surface area contributed by atoms with Gasteiger partial charge in [-0.25, -0.2) is 4.79 Å². The number of carbonyl (C=O) groups excluding carboxylic acids is 2. The normalized spacial score (nSPS) is 11.7. The van der Waals surface area contributed by atoms with E-state index in [0.29, 0.717) is 16.3 Å². The first-order chi connectivity index (χ1) is 12.3. The van der Waals surface area contributed by atoms with E-state index in [1.165, 1.54) is 19.9 Å². The molecule has 26 heavy (non-hydrogen) atoms. The molecular formula is C17H18ClN3O5. The topological polar surface area (TPSA) is 113 Å². The fourth-order valence-electron chi connectivity index (χ4n) is 2.26. The molecule has 2 rings (SSSR count). The van der Waals surface area contributed by atoms with Crippen LogP contribution in [0.5, 0.6) is 0 Å². The molecule has 2 aromatic rings. The number of amides is 2. The van der Waals surface area contributed by atoms with Gasteiger partial charge in [-0.15, -0.1) is 0 Å². The molecule has 138 valence electrons. The second-order valence-electron chi connectivity index (χ2n) is 5.58. The summed E-state index contributed by atoms with van der Waals surface area (Å²) < 4.78 is 5.09. The predicted molar refractivity (Wildman–Crippen MR) is 93.8 cm³/mol. The highest BCUT2D eigenvalue weighted by molar-refractivity contribution is 6.30. The monoisotopic (exact) mass is 379 g/mol. The first-order valence-corrected chi connectivity index (χ1v) is 8.18. The van der Waals surface area contributed by atoms with Crippen LogP contribution in [-0.2, 0) is 9.59 Å². The number of halogens is 1. The first kappa shape index (κ1) is 19.5. The van der Waals surface area contributed by atoms with Crippen molar-refractivity contribution >= 4 is 29.4 Å². The number of hydrogen-bond donors (Lipinski definition) is 2. The van der Waals surface area contributed by atoms with Crippen molar-refractivity contribution < 1.29 is 24.0 Å². The highest BCUT2D eigenvalue weighted by Crippen LogP contribution is 2.23. The minimum Gasteiger partial charge on any atom is -0.480 e. The van der Waals surface area contributed by atoms with Gasteiger partial charge in [0.1, 0.15) is 11.7 Å². The number of carbonyl (C=O) groups is 3. The summed E-state index contributed by atoms with van der Waals surface area (Å²) in [6.07, 6.45) is 0. The van der Waals surface area contributed by atoms with Crippen molar-refractivity contribution in [3.8, 4) is 11.3 Å². The summed E-state index contributed by atoms with van der Waals surface area (Å²) in [6.45, 7) is 2.84. The van der Waals surface area contributed by atoms with Crippen LogP contribution in [0.4, 0.5) is 0 Å². The van der Waals surface area contributed by atoms with Crippen molar-refractivity contribution in [3.63, 3.8) is 0 Å². The van der Waals surface area contributed by atoms with Gasteiger partial charge in [0.2, 0.25) is 11.7 Å². The molecule has 1 atom stereocenters. The van der Waals surface area contributed by atoms with Crippen LogP contribution >= 0.6 is 11.6 Å². The second-order valence-corrected chi connectivity index (χ2v) is 6.02. The van der Waals surface area contributed by atoms with Crippen molar-refractivity contribution in [2.75, 3.05) is 13.1 Å². The van der Waals surface area contributed by atoms with Gasteiger partial charge in [0.05, 0.1) is 0 Å². The number of carboxylic acid groups (broad SMARTS) is 1. The standard InChI is InChI=1S/C17H18ClN3O5/c1-10(17(24)25)21(7-6-19-11(2)22)16(23)15-9-14(20-26-15)12-4-3-5-13(18)8-12/h3-5,8-10H,6-7H2,1-2H3,(H,19,22)(H,24,25). The predicted octanol–water partition coefficient (Wildman–Crippen LogP) is 2.05. The van der Waals surface area contributed by atoms with Gasteiger partial charge in [-0.2, -0.15) is 0 Å². The minimum absolute atomic E-state index is 0.0130. The smallest absolute Gasteiger partial charge is 0.326 e. The number of rotatable bonds is 7. The molecule has 0 aliphatic carbocycles. The van der Waals surface area contributed by atoms with Crippen molar-refractivity contribution in [2.24, 2.45) is 0 Å². The van der Waals surface area contributed by atoms with Crippen LogP contribution in [0, 0.1) is 0 Å². The number of benzene rings is 1. The molecule has 0 saturated carbocycles. The summed E-state index contributed by atoms with van der Waals surface area (Å²) in [5.74, 6) is -2.18. The van der Waals surface area contributed by atoms with E-state index in [1.54, 1.807) is 24.3 Å². The number of aromatic nitrogens is 1. The van der Waals surface area contributed by atoms with Crippen LogP contribution in [0.3, 0.4) is 0 Å². The van der Waals surface area contributed by atoms with Crippen molar-refractivity contribution in [2.45, 2.75) is 19.9 Å². The molecule has 0 aliphatic heterocycles. The SMILES string of the molecule is CC(=O)NCCN(C(=O)c1cc(-c2cccc(Cl)c2)no1)C(C)C(=O)O. The Balaban J connectivity index is 2.22. The van der Waals surface area contributed by atoms with Crippen LogP contribution in [0.15, 0.2) is 34.9 Å². The van der Waals surface area contributed by atoms with Gasteiger partial charge in [-0.3, -0.25) is 9.59 Å². The second kappa shape index (κ2) is 8.48. The largest absolute Gasteiger partial charge is 0.480 e. The zero-order valence-corrected chi connectivity index (χ0v) is 15.0. The molecule has 0 fully saturated rings. The lowest BCUT2D eigenvalue weighted by Crippen LogP contribution is -2.46. The zero-order valence-electron chi connectivity index (χ0n) is 14.2. The fraction of sp³-hybridized carbons (Fsp3) is 0.294. The van der Waals surface area contributed by atoms with E-state index in [1.807, 2.05) is 0 Å². The molecule has 1 heterocycles. The van der Waals surface area contributed by atoms with E-state index < -0.39 is 17.9 Å². The fourth-order valence-corrected chi connectivity index (χ4v) is 2.45. The maximum Gasteiger partial charge on any atom is 0.326 e. The van der Waals surface area contributed by atoms with E-state index in [0.717, 1.165) is 4.90 Å². The molecular weight excluding hydrogens is 362 g/mol. The Bertz CT molecular complexity index is 820. The molecule has 1 unspecified atom stereocenters. The highest BCUT2D eigenvalue weighted by Gasteiger charge is 2.29. The Kier molecular flexibility index (Phi) is 6.35. The Morgan fingerprint density at radius 1 is 1.35 bits per heavy atom. The summed E-state index contributed by atoms with van der Waals surface area (Å²) in [6, 6.07) is 7.19. The third kappa shape index (κ3) is 4.82. The molecule has 1 aromatic carbocycles. The lowest BCUT2D eigenvalue weighted by molar-refractivity contribution is -0.141. The van der Waals surface area contributed by atoms with Crippen molar-refractivity contribution in [1.29, 1.82) is 0 Å². The average Bonchev–Trinajstić information content (AvgIpc) is 3.07. The minimum atomic E-state index is -1.17. The van der Waals surface area contributed by atoms with E-state index in [2.05, 4.69) is 10.5 Å². The Labute approximate surface area is 154 Å². The van der Waals surface area contributed by atoms with Crippen molar-refractivity contribution in [3.05, 3.63) is 41.1 Å². The van der Waals surface area contributed by atoms with Gasteiger partial charge < -0.3 is 19.8 Å². The summed E-state index contributed by atoms with van der Waals surface area (Å²) in [4.78, 5) is 36.0. The van der Waals surface area contributed by atoms with Gasteiger partial charge in [0.15, 0.2) is 0 Å². The lowest BCUT2D eigenvalue weighted by atomic mass is 10.1. The van der Waals surface area contributed by atoms with Gasteiger partial charge in [0, 0.05) is 36.7 Å². The average molecular weight is 380 g/mol.